The maximum absolute atomic E-state index is 11.4. The van der Waals surface area contributed by atoms with Crippen molar-refractivity contribution in [1.82, 2.24) is 4.98 Å². The summed E-state index contributed by atoms with van der Waals surface area (Å²) in [6.07, 6.45) is 2.36. The largest absolute Gasteiger partial charge is 0.487 e. The summed E-state index contributed by atoms with van der Waals surface area (Å²) in [4.78, 5) is 17.7. The van der Waals surface area contributed by atoms with Gasteiger partial charge in [0.25, 0.3) is 0 Å². The van der Waals surface area contributed by atoms with Crippen LogP contribution in [0.3, 0.4) is 0 Å². The van der Waals surface area contributed by atoms with Gasteiger partial charge in [-0.2, -0.15) is 0 Å². The molecule has 4 nitrogen and oxygen atoms in total. The lowest BCUT2D eigenvalue weighted by Gasteiger charge is -2.32. The number of rotatable bonds is 0. The van der Waals surface area contributed by atoms with Crippen LogP contribution >= 0.6 is 0 Å². The van der Waals surface area contributed by atoms with E-state index in [2.05, 4.69) is 9.88 Å². The molecule has 1 fully saturated rings. The minimum Gasteiger partial charge on any atom is -0.487 e. The molecule has 1 saturated heterocycles. The fourth-order valence-electron chi connectivity index (χ4n) is 2.25. The Hall–Kier alpha value is -1.58. The van der Waals surface area contributed by atoms with E-state index in [1.165, 1.54) is 0 Å². The molecule has 1 atom stereocenters. The number of hydrogen-bond acceptors (Lipinski definition) is 4. The summed E-state index contributed by atoms with van der Waals surface area (Å²) in [6.45, 7) is 7.08. The van der Waals surface area contributed by atoms with E-state index in [1.807, 2.05) is 26.8 Å². The van der Waals surface area contributed by atoms with E-state index in [0.29, 0.717) is 19.6 Å². The Kier molecular flexibility index (Phi) is 3.31. The molecule has 0 aliphatic carbocycles. The highest BCUT2D eigenvalue weighted by atomic mass is 16.5. The molecule has 0 N–H and O–H groups in total. The molecule has 1 aromatic heterocycles. The molecule has 2 aliphatic heterocycles. The van der Waals surface area contributed by atoms with Crippen LogP contribution in [0.2, 0.25) is 0 Å². The third-order valence-corrected chi connectivity index (χ3v) is 3.03. The fourth-order valence-corrected chi connectivity index (χ4v) is 2.25. The summed E-state index contributed by atoms with van der Waals surface area (Å²) in [5.41, 5.74) is 1.08. The van der Waals surface area contributed by atoms with Gasteiger partial charge in [-0.1, -0.05) is 13.8 Å². The lowest BCUT2D eigenvalue weighted by molar-refractivity contribution is -0.116. The lowest BCUT2D eigenvalue weighted by atomic mass is 10.2. The molecule has 4 heteroatoms. The van der Waals surface area contributed by atoms with Crippen molar-refractivity contribution in [3.63, 3.8) is 0 Å². The fraction of sp³-hybridized carbons (Fsp3) is 0.538. The van der Waals surface area contributed by atoms with Crippen molar-refractivity contribution in [2.24, 2.45) is 0 Å². The van der Waals surface area contributed by atoms with Crippen molar-refractivity contribution in [3.05, 3.63) is 17.8 Å². The van der Waals surface area contributed by atoms with Crippen LogP contribution < -0.4 is 9.64 Å². The van der Waals surface area contributed by atoms with E-state index in [1.54, 1.807) is 6.20 Å². The van der Waals surface area contributed by atoms with E-state index in [4.69, 9.17) is 4.74 Å². The van der Waals surface area contributed by atoms with Crippen molar-refractivity contribution >= 4 is 11.6 Å². The number of carbonyl (C=O) groups excluding carboxylic acids is 1. The predicted molar refractivity (Wildman–Crippen MR) is 66.6 cm³/mol. The predicted octanol–water partition coefficient (Wildman–Crippen LogP) is 1.96. The Bertz CT molecular complexity index is 431. The quantitative estimate of drug-likeness (QED) is 0.688. The number of Topliss-reactive ketones (excluding diaryl/α,β-unsaturated/α-hetero) is 1. The summed E-state index contributed by atoms with van der Waals surface area (Å²) in [7, 11) is 0. The van der Waals surface area contributed by atoms with E-state index in [0.717, 1.165) is 17.1 Å². The third-order valence-electron chi connectivity index (χ3n) is 3.03. The molecular formula is C13H18N2O2. The number of anilines is 1. The summed E-state index contributed by atoms with van der Waals surface area (Å²) in [5.74, 6) is 1.94. The molecule has 0 amide bonds. The second-order valence-electron chi connectivity index (χ2n) is 4.12. The molecule has 0 radical (unpaired) electrons. The van der Waals surface area contributed by atoms with Gasteiger partial charge in [0.2, 0.25) is 0 Å². The zero-order valence-electron chi connectivity index (χ0n) is 10.6. The van der Waals surface area contributed by atoms with Gasteiger partial charge in [0.05, 0.1) is 12.6 Å². The average Bonchev–Trinajstić information content (AvgIpc) is 2.73. The number of pyridine rings is 1. The Balaban J connectivity index is 0.000000514. The zero-order chi connectivity index (χ0) is 12.4. The van der Waals surface area contributed by atoms with E-state index < -0.39 is 0 Å². The Labute approximate surface area is 102 Å². The van der Waals surface area contributed by atoms with Crippen LogP contribution in [-0.2, 0) is 4.79 Å². The Morgan fingerprint density at radius 3 is 3.00 bits per heavy atom. The number of fused-ring (bicyclic) bond motifs is 3. The van der Waals surface area contributed by atoms with Gasteiger partial charge in [0, 0.05) is 12.6 Å². The van der Waals surface area contributed by atoms with Gasteiger partial charge in [-0.3, -0.25) is 4.79 Å². The number of hydrogen-bond donors (Lipinski definition) is 0. The molecule has 2 aliphatic rings. The molecule has 92 valence electrons. The zero-order valence-corrected chi connectivity index (χ0v) is 10.6. The van der Waals surface area contributed by atoms with Gasteiger partial charge in [-0.15, -0.1) is 0 Å². The second kappa shape index (κ2) is 4.73. The van der Waals surface area contributed by atoms with Crippen LogP contribution in [-0.4, -0.2) is 30.0 Å². The molecule has 17 heavy (non-hydrogen) atoms. The van der Waals surface area contributed by atoms with Crippen LogP contribution in [0.4, 0.5) is 5.82 Å². The highest BCUT2D eigenvalue weighted by Crippen LogP contribution is 2.37. The minimum absolute atomic E-state index is 0.194. The van der Waals surface area contributed by atoms with Gasteiger partial charge < -0.3 is 9.64 Å². The van der Waals surface area contributed by atoms with Crippen molar-refractivity contribution in [2.75, 3.05) is 18.1 Å². The maximum Gasteiger partial charge on any atom is 0.172 e. The first-order valence-electron chi connectivity index (χ1n) is 6.12. The highest BCUT2D eigenvalue weighted by Gasteiger charge is 2.37. The monoisotopic (exact) mass is 234 g/mol. The number of ketones is 1. The minimum atomic E-state index is 0.194. The Morgan fingerprint density at radius 2 is 2.24 bits per heavy atom. The molecule has 0 bridgehead atoms. The topological polar surface area (TPSA) is 42.4 Å². The van der Waals surface area contributed by atoms with Crippen molar-refractivity contribution in [2.45, 2.75) is 33.2 Å². The number of nitrogens with zero attached hydrogens (tertiary/aromatic N) is 2. The van der Waals surface area contributed by atoms with Crippen LogP contribution in [0.5, 0.6) is 5.75 Å². The molecule has 0 aromatic carbocycles. The average molecular weight is 234 g/mol. The van der Waals surface area contributed by atoms with Crippen molar-refractivity contribution < 1.29 is 9.53 Å². The number of ether oxygens (including phenoxy) is 1. The molecule has 3 heterocycles. The highest BCUT2D eigenvalue weighted by molar-refractivity contribution is 5.88. The van der Waals surface area contributed by atoms with Crippen LogP contribution in [0, 0.1) is 6.92 Å². The standard InChI is InChI=1S/C11H12N2O2.C2H6/c1-7-2-3-12-11-10(7)15-6-8-4-9(14)5-13(8)11;1-2/h2-3,8H,4-6H2,1H3;1-2H3/t8-;/m0./s1. The molecule has 0 spiro atoms. The van der Waals surface area contributed by atoms with Gasteiger partial charge in [0.1, 0.15) is 6.61 Å². The van der Waals surface area contributed by atoms with E-state index in [-0.39, 0.29) is 11.8 Å². The number of aryl methyl sites for hydroxylation is 1. The second-order valence-corrected chi connectivity index (χ2v) is 4.12. The molecule has 3 rings (SSSR count). The smallest absolute Gasteiger partial charge is 0.172 e. The van der Waals surface area contributed by atoms with Crippen molar-refractivity contribution in [3.8, 4) is 5.75 Å². The first-order chi connectivity index (χ1) is 8.25. The SMILES string of the molecule is CC.Cc1ccnc2c1OC[C@@H]1CC(=O)CN21. The summed E-state index contributed by atoms with van der Waals surface area (Å²) in [5, 5.41) is 0. The van der Waals surface area contributed by atoms with E-state index >= 15 is 0 Å². The van der Waals surface area contributed by atoms with Gasteiger partial charge >= 0.3 is 0 Å². The maximum atomic E-state index is 11.4. The Morgan fingerprint density at radius 1 is 1.47 bits per heavy atom. The molecule has 0 unspecified atom stereocenters. The number of aromatic nitrogens is 1. The summed E-state index contributed by atoms with van der Waals surface area (Å²) >= 11 is 0. The molecule has 0 saturated carbocycles. The third kappa shape index (κ3) is 1.99. The van der Waals surface area contributed by atoms with E-state index in [9.17, 15) is 4.79 Å². The van der Waals surface area contributed by atoms with Crippen LogP contribution in [0.25, 0.3) is 0 Å². The molecular weight excluding hydrogens is 216 g/mol. The van der Waals surface area contributed by atoms with Gasteiger partial charge in [-0.25, -0.2) is 4.98 Å². The van der Waals surface area contributed by atoms with Crippen molar-refractivity contribution in [1.29, 1.82) is 0 Å². The first-order valence-corrected chi connectivity index (χ1v) is 6.12. The first kappa shape index (κ1) is 11.9. The lowest BCUT2D eigenvalue weighted by Crippen LogP contribution is -2.39. The van der Waals surface area contributed by atoms with Gasteiger partial charge in [-0.05, 0) is 18.6 Å². The van der Waals surface area contributed by atoms with Crippen LogP contribution in [0.15, 0.2) is 12.3 Å². The normalized spacial score (nSPS) is 21.0. The summed E-state index contributed by atoms with van der Waals surface area (Å²) < 4.78 is 5.66. The van der Waals surface area contributed by atoms with Gasteiger partial charge in [0.15, 0.2) is 17.4 Å². The number of carbonyl (C=O) groups is 1. The van der Waals surface area contributed by atoms with Crippen LogP contribution in [0.1, 0.15) is 25.8 Å². The summed E-state index contributed by atoms with van der Waals surface area (Å²) in [6, 6.07) is 2.12. The molecule has 1 aromatic rings.